The molecule has 29 heavy (non-hydrogen) atoms. The second kappa shape index (κ2) is 7.76. The number of thiophene rings is 1. The maximum Gasteiger partial charge on any atom is 0.256 e. The molecule has 1 aliphatic carbocycles. The monoisotopic (exact) mass is 423 g/mol. The number of thioether (sulfide) groups is 1. The van der Waals surface area contributed by atoms with Crippen LogP contribution in [0.25, 0.3) is 0 Å². The molecule has 1 amide bonds. The zero-order chi connectivity index (χ0) is 19.7. The predicted molar refractivity (Wildman–Crippen MR) is 117 cm³/mol. The molecule has 0 unspecified atom stereocenters. The lowest BCUT2D eigenvalue weighted by molar-refractivity contribution is -0.0716. The van der Waals surface area contributed by atoms with E-state index < -0.39 is 5.79 Å². The molecular weight excluding hydrogens is 402 g/mol. The molecule has 0 bridgehead atoms. The largest absolute Gasteiger partial charge is 0.448 e. The van der Waals surface area contributed by atoms with Crippen LogP contribution in [0.3, 0.4) is 0 Å². The van der Waals surface area contributed by atoms with Crippen LogP contribution in [0.5, 0.6) is 11.5 Å². The minimum Gasteiger partial charge on any atom is -0.448 e. The maximum atomic E-state index is 13.0. The molecule has 2 aromatic carbocycles. The highest BCUT2D eigenvalue weighted by Gasteiger charge is 2.44. The number of hydrogen-bond acceptors (Lipinski definition) is 5. The summed E-state index contributed by atoms with van der Waals surface area (Å²) in [6, 6.07) is 17.5. The lowest BCUT2D eigenvalue weighted by Crippen LogP contribution is -2.34. The van der Waals surface area contributed by atoms with Gasteiger partial charge in [0.05, 0.1) is 5.56 Å². The van der Waals surface area contributed by atoms with Crippen LogP contribution < -0.4 is 14.8 Å². The number of rotatable bonds is 5. The molecule has 148 valence electrons. The van der Waals surface area contributed by atoms with Crippen molar-refractivity contribution in [2.75, 3.05) is 5.32 Å². The third kappa shape index (κ3) is 3.87. The Morgan fingerprint density at radius 2 is 1.86 bits per heavy atom. The van der Waals surface area contributed by atoms with E-state index >= 15 is 0 Å². The molecule has 2 aliphatic rings. The van der Waals surface area contributed by atoms with E-state index in [4.69, 9.17) is 9.47 Å². The molecule has 6 heteroatoms. The van der Waals surface area contributed by atoms with Crippen LogP contribution in [0.1, 0.15) is 40.9 Å². The average Bonchev–Trinajstić information content (AvgIpc) is 3.48. The third-order valence-electron chi connectivity index (χ3n) is 5.24. The van der Waals surface area contributed by atoms with E-state index in [2.05, 4.69) is 22.8 Å². The molecule has 2 heterocycles. The number of hydrogen-bond donors (Lipinski definition) is 1. The maximum absolute atomic E-state index is 13.0. The molecule has 0 atom stereocenters. The molecule has 1 saturated carbocycles. The van der Waals surface area contributed by atoms with E-state index in [1.165, 1.54) is 4.88 Å². The number of carbonyl (C=O) groups excluding carboxylic acids is 1. The van der Waals surface area contributed by atoms with Crippen molar-refractivity contribution in [3.05, 3.63) is 70.4 Å². The Hall–Kier alpha value is -2.44. The van der Waals surface area contributed by atoms with Gasteiger partial charge >= 0.3 is 0 Å². The van der Waals surface area contributed by atoms with Gasteiger partial charge in [-0.2, -0.15) is 0 Å². The first kappa shape index (κ1) is 18.6. The van der Waals surface area contributed by atoms with Crippen molar-refractivity contribution >= 4 is 34.7 Å². The minimum atomic E-state index is -0.490. The fourth-order valence-electron chi connectivity index (χ4n) is 3.81. The quantitative estimate of drug-likeness (QED) is 0.487. The van der Waals surface area contributed by atoms with Crippen molar-refractivity contribution in [3.8, 4) is 11.5 Å². The number of carbonyl (C=O) groups is 1. The summed E-state index contributed by atoms with van der Waals surface area (Å²) in [5.41, 5.74) is 1.39. The Balaban J connectivity index is 1.30. The molecule has 1 fully saturated rings. The second-order valence-electron chi connectivity index (χ2n) is 7.30. The van der Waals surface area contributed by atoms with Gasteiger partial charge in [-0.15, -0.1) is 23.1 Å². The lowest BCUT2D eigenvalue weighted by atomic mass is 10.2. The first-order valence-corrected chi connectivity index (χ1v) is 11.6. The first-order valence-electron chi connectivity index (χ1n) is 9.78. The summed E-state index contributed by atoms with van der Waals surface area (Å²) in [4.78, 5) is 15.2. The SMILES string of the molecule is O=C(Nc1ccc2c(c1)OC1(CCCC1)O2)c1ccccc1SCc1cccs1. The van der Waals surface area contributed by atoms with Gasteiger partial charge in [-0.1, -0.05) is 18.2 Å². The van der Waals surface area contributed by atoms with Crippen molar-refractivity contribution in [2.24, 2.45) is 0 Å². The van der Waals surface area contributed by atoms with Crippen LogP contribution in [0, 0.1) is 0 Å². The van der Waals surface area contributed by atoms with Crippen LogP contribution in [0.4, 0.5) is 5.69 Å². The van der Waals surface area contributed by atoms with Crippen molar-refractivity contribution in [1.29, 1.82) is 0 Å². The summed E-state index contributed by atoms with van der Waals surface area (Å²) in [5, 5.41) is 5.09. The molecule has 1 N–H and O–H groups in total. The molecule has 1 aliphatic heterocycles. The van der Waals surface area contributed by atoms with Crippen molar-refractivity contribution in [2.45, 2.75) is 42.1 Å². The van der Waals surface area contributed by atoms with Crippen LogP contribution in [0.2, 0.25) is 0 Å². The van der Waals surface area contributed by atoms with Gasteiger partial charge in [0.25, 0.3) is 11.7 Å². The highest BCUT2D eigenvalue weighted by atomic mass is 32.2. The van der Waals surface area contributed by atoms with E-state index in [1.807, 2.05) is 42.5 Å². The Kier molecular flexibility index (Phi) is 4.97. The normalized spacial score (nSPS) is 16.3. The number of nitrogens with one attached hydrogen (secondary N) is 1. The molecule has 4 nitrogen and oxygen atoms in total. The van der Waals surface area contributed by atoms with E-state index in [1.54, 1.807) is 23.1 Å². The first-order chi connectivity index (χ1) is 14.2. The summed E-state index contributed by atoms with van der Waals surface area (Å²) in [5.74, 6) is 1.72. The number of ether oxygens (including phenoxy) is 2. The van der Waals surface area contributed by atoms with Crippen LogP contribution in [0.15, 0.2) is 64.9 Å². The molecule has 0 saturated heterocycles. The van der Waals surface area contributed by atoms with Gasteiger partial charge in [0.2, 0.25) is 0 Å². The smallest absolute Gasteiger partial charge is 0.256 e. The zero-order valence-corrected chi connectivity index (χ0v) is 17.5. The average molecular weight is 424 g/mol. The fourth-order valence-corrected chi connectivity index (χ4v) is 5.63. The minimum absolute atomic E-state index is 0.117. The van der Waals surface area contributed by atoms with E-state index in [0.29, 0.717) is 17.0 Å². The molecule has 1 spiro atoms. The number of amides is 1. The van der Waals surface area contributed by atoms with Gasteiger partial charge in [-0.25, -0.2) is 0 Å². The number of fused-ring (bicyclic) bond motifs is 1. The Morgan fingerprint density at radius 1 is 1.03 bits per heavy atom. The predicted octanol–water partition coefficient (Wildman–Crippen LogP) is 6.33. The van der Waals surface area contributed by atoms with Crippen LogP contribution in [-0.4, -0.2) is 11.7 Å². The van der Waals surface area contributed by atoms with Gasteiger partial charge in [-0.05, 0) is 48.6 Å². The van der Waals surface area contributed by atoms with Crippen LogP contribution in [-0.2, 0) is 5.75 Å². The number of anilines is 1. The highest BCUT2D eigenvalue weighted by molar-refractivity contribution is 7.98. The lowest BCUT2D eigenvalue weighted by Gasteiger charge is -2.21. The van der Waals surface area contributed by atoms with Gasteiger partial charge in [0.1, 0.15) is 0 Å². The summed E-state index contributed by atoms with van der Waals surface area (Å²) in [6.07, 6.45) is 4.07. The highest BCUT2D eigenvalue weighted by Crippen LogP contribution is 2.47. The molecule has 1 aromatic heterocycles. The third-order valence-corrected chi connectivity index (χ3v) is 7.42. The van der Waals surface area contributed by atoms with Gasteiger partial charge < -0.3 is 14.8 Å². The standard InChI is InChI=1S/C23H21NO3S2/c25-22(18-7-1-2-8-21(18)29-15-17-6-5-13-28-17)24-16-9-10-19-20(14-16)27-23(26-19)11-3-4-12-23/h1-2,5-10,13-14H,3-4,11-12,15H2,(H,24,25). The Bertz CT molecular complexity index is 1030. The summed E-state index contributed by atoms with van der Waals surface area (Å²) < 4.78 is 12.2. The van der Waals surface area contributed by atoms with Gasteiger partial charge in [0, 0.05) is 40.1 Å². The Labute approximate surface area is 178 Å². The topological polar surface area (TPSA) is 47.6 Å². The molecular formula is C23H21NO3S2. The van der Waals surface area contributed by atoms with E-state index in [-0.39, 0.29) is 5.91 Å². The van der Waals surface area contributed by atoms with Crippen LogP contribution >= 0.6 is 23.1 Å². The summed E-state index contributed by atoms with van der Waals surface area (Å²) >= 11 is 3.41. The van der Waals surface area contributed by atoms with Crippen molar-refractivity contribution in [1.82, 2.24) is 0 Å². The molecule has 0 radical (unpaired) electrons. The molecule has 5 rings (SSSR count). The zero-order valence-electron chi connectivity index (χ0n) is 15.9. The van der Waals surface area contributed by atoms with Crippen molar-refractivity contribution < 1.29 is 14.3 Å². The second-order valence-corrected chi connectivity index (χ2v) is 9.35. The summed E-state index contributed by atoms with van der Waals surface area (Å²) in [6.45, 7) is 0. The van der Waals surface area contributed by atoms with Gasteiger partial charge in [-0.3, -0.25) is 4.79 Å². The molecule has 3 aromatic rings. The van der Waals surface area contributed by atoms with Crippen molar-refractivity contribution in [3.63, 3.8) is 0 Å². The van der Waals surface area contributed by atoms with E-state index in [9.17, 15) is 4.79 Å². The van der Waals surface area contributed by atoms with Gasteiger partial charge in [0.15, 0.2) is 11.5 Å². The summed E-state index contributed by atoms with van der Waals surface area (Å²) in [7, 11) is 0. The Morgan fingerprint density at radius 3 is 2.69 bits per heavy atom. The fraction of sp³-hybridized carbons (Fsp3) is 0.261. The van der Waals surface area contributed by atoms with E-state index in [0.717, 1.165) is 42.1 Å². The number of benzene rings is 2.